The average molecular weight is 302 g/mol. The lowest BCUT2D eigenvalue weighted by Gasteiger charge is -2.12. The van der Waals surface area contributed by atoms with Crippen molar-refractivity contribution in [3.63, 3.8) is 0 Å². The van der Waals surface area contributed by atoms with E-state index < -0.39 is 5.82 Å². The molecule has 0 unspecified atom stereocenters. The number of nitrogens with two attached hydrogens (primary N) is 1. The molecule has 2 aromatic rings. The van der Waals surface area contributed by atoms with E-state index in [-0.39, 0.29) is 10.0 Å². The molecular formula is C12H10Cl2FN3O. The fraction of sp³-hybridized carbons (Fsp3) is 0.0833. The van der Waals surface area contributed by atoms with Crippen molar-refractivity contribution in [2.75, 3.05) is 18.2 Å². The molecule has 1 aromatic heterocycles. The molecule has 0 fully saturated rings. The quantitative estimate of drug-likeness (QED) is 0.903. The first-order chi connectivity index (χ1) is 9.01. The van der Waals surface area contributed by atoms with Gasteiger partial charge in [0.15, 0.2) is 5.82 Å². The van der Waals surface area contributed by atoms with Crippen molar-refractivity contribution in [1.82, 2.24) is 4.98 Å². The number of aromatic nitrogens is 1. The number of rotatable bonds is 3. The second-order valence-corrected chi connectivity index (χ2v) is 4.48. The lowest BCUT2D eigenvalue weighted by Crippen LogP contribution is -2.01. The Labute approximate surface area is 119 Å². The van der Waals surface area contributed by atoms with Crippen LogP contribution in [0.5, 0.6) is 5.88 Å². The third-order valence-electron chi connectivity index (χ3n) is 2.36. The lowest BCUT2D eigenvalue weighted by atomic mass is 10.3. The van der Waals surface area contributed by atoms with Crippen LogP contribution in [0.4, 0.5) is 21.6 Å². The van der Waals surface area contributed by atoms with Crippen molar-refractivity contribution in [3.05, 3.63) is 40.1 Å². The molecule has 0 bridgehead atoms. The number of hydrogen-bond donors (Lipinski definition) is 2. The van der Waals surface area contributed by atoms with Gasteiger partial charge in [0, 0.05) is 6.07 Å². The van der Waals surface area contributed by atoms with Crippen LogP contribution in [0.15, 0.2) is 24.3 Å². The largest absolute Gasteiger partial charge is 0.481 e. The zero-order chi connectivity index (χ0) is 14.0. The minimum atomic E-state index is -0.521. The topological polar surface area (TPSA) is 60.2 Å². The summed E-state index contributed by atoms with van der Waals surface area (Å²) in [4.78, 5) is 4.12. The van der Waals surface area contributed by atoms with Crippen molar-refractivity contribution < 1.29 is 9.13 Å². The summed E-state index contributed by atoms with van der Waals surface area (Å²) in [5.74, 6) is 0.188. The number of hydrogen-bond acceptors (Lipinski definition) is 4. The zero-order valence-electron chi connectivity index (χ0n) is 9.88. The molecule has 0 aliphatic carbocycles. The number of methoxy groups -OCH3 is 1. The number of nitrogens with one attached hydrogen (secondary N) is 1. The Balaban J connectivity index is 2.41. The summed E-state index contributed by atoms with van der Waals surface area (Å²) in [6, 6.07) is 5.53. The molecule has 4 nitrogen and oxygen atoms in total. The highest BCUT2D eigenvalue weighted by atomic mass is 35.5. The van der Waals surface area contributed by atoms with Gasteiger partial charge in [0.1, 0.15) is 5.82 Å². The first kappa shape index (κ1) is 13.7. The Bertz CT molecular complexity index is 599. The monoisotopic (exact) mass is 301 g/mol. The number of benzene rings is 1. The maximum Gasteiger partial charge on any atom is 0.215 e. The molecule has 7 heteroatoms. The van der Waals surface area contributed by atoms with Crippen molar-refractivity contribution in [1.29, 1.82) is 0 Å². The van der Waals surface area contributed by atoms with Crippen LogP contribution >= 0.6 is 23.2 Å². The Morgan fingerprint density at radius 3 is 2.47 bits per heavy atom. The summed E-state index contributed by atoms with van der Waals surface area (Å²) >= 11 is 11.8. The Kier molecular flexibility index (Phi) is 3.97. The predicted octanol–water partition coefficient (Wildman–Crippen LogP) is 3.86. The summed E-state index contributed by atoms with van der Waals surface area (Å²) in [6.45, 7) is 0. The van der Waals surface area contributed by atoms with Crippen LogP contribution in [-0.4, -0.2) is 12.1 Å². The normalized spacial score (nSPS) is 10.3. The van der Waals surface area contributed by atoms with Crippen molar-refractivity contribution in [2.45, 2.75) is 0 Å². The first-order valence-electron chi connectivity index (χ1n) is 5.23. The SMILES string of the molecule is COc1ccc(N)c(Nc2c(Cl)cc(F)cc2Cl)n1. The number of nitrogens with zero attached hydrogens (tertiary/aromatic N) is 1. The molecule has 0 aliphatic heterocycles. The average Bonchev–Trinajstić information content (AvgIpc) is 2.35. The summed E-state index contributed by atoms with van der Waals surface area (Å²) in [6.07, 6.45) is 0. The lowest BCUT2D eigenvalue weighted by molar-refractivity contribution is 0.398. The summed E-state index contributed by atoms with van der Waals surface area (Å²) in [7, 11) is 1.49. The Hall–Kier alpha value is -1.72. The highest BCUT2D eigenvalue weighted by molar-refractivity contribution is 6.39. The van der Waals surface area contributed by atoms with Crippen LogP contribution in [0.3, 0.4) is 0 Å². The summed E-state index contributed by atoms with van der Waals surface area (Å²) < 4.78 is 18.1. The van der Waals surface area contributed by atoms with E-state index in [4.69, 9.17) is 33.7 Å². The summed E-state index contributed by atoms with van der Waals surface area (Å²) in [5, 5.41) is 3.13. The minimum absolute atomic E-state index is 0.133. The van der Waals surface area contributed by atoms with Gasteiger partial charge in [-0.3, -0.25) is 0 Å². The molecule has 19 heavy (non-hydrogen) atoms. The highest BCUT2D eigenvalue weighted by Crippen LogP contribution is 2.35. The number of nitrogen functional groups attached to an aromatic ring is 1. The van der Waals surface area contributed by atoms with Crippen LogP contribution in [0, 0.1) is 5.82 Å². The van der Waals surface area contributed by atoms with Gasteiger partial charge in [-0.05, 0) is 18.2 Å². The molecule has 0 saturated heterocycles. The van der Waals surface area contributed by atoms with E-state index in [2.05, 4.69) is 10.3 Å². The van der Waals surface area contributed by atoms with Gasteiger partial charge in [-0.1, -0.05) is 23.2 Å². The zero-order valence-corrected chi connectivity index (χ0v) is 11.4. The fourth-order valence-corrected chi connectivity index (χ4v) is 2.00. The highest BCUT2D eigenvalue weighted by Gasteiger charge is 2.11. The van der Waals surface area contributed by atoms with E-state index in [1.807, 2.05) is 0 Å². The van der Waals surface area contributed by atoms with E-state index in [0.29, 0.717) is 23.1 Å². The number of halogens is 3. The third kappa shape index (κ3) is 3.00. The van der Waals surface area contributed by atoms with Gasteiger partial charge in [0.25, 0.3) is 0 Å². The second-order valence-electron chi connectivity index (χ2n) is 3.66. The first-order valence-corrected chi connectivity index (χ1v) is 5.99. The molecule has 3 N–H and O–H groups in total. The molecule has 0 amide bonds. The van der Waals surface area contributed by atoms with E-state index in [1.54, 1.807) is 12.1 Å². The molecule has 1 aromatic carbocycles. The van der Waals surface area contributed by atoms with Gasteiger partial charge in [-0.15, -0.1) is 0 Å². The maximum absolute atomic E-state index is 13.1. The predicted molar refractivity (Wildman–Crippen MR) is 74.9 cm³/mol. The number of pyridine rings is 1. The molecule has 0 spiro atoms. The van der Waals surface area contributed by atoms with Gasteiger partial charge in [-0.25, -0.2) is 4.39 Å². The van der Waals surface area contributed by atoms with Gasteiger partial charge < -0.3 is 15.8 Å². The smallest absolute Gasteiger partial charge is 0.215 e. The molecule has 2 rings (SSSR count). The van der Waals surface area contributed by atoms with Gasteiger partial charge in [0.2, 0.25) is 5.88 Å². The molecule has 1 heterocycles. The van der Waals surface area contributed by atoms with Gasteiger partial charge in [-0.2, -0.15) is 4.98 Å². The molecule has 100 valence electrons. The summed E-state index contributed by atoms with van der Waals surface area (Å²) in [5.41, 5.74) is 6.50. The molecular weight excluding hydrogens is 292 g/mol. The van der Waals surface area contributed by atoms with Crippen LogP contribution in [-0.2, 0) is 0 Å². The molecule has 0 saturated carbocycles. The number of ether oxygens (including phenoxy) is 1. The van der Waals surface area contributed by atoms with Crippen molar-refractivity contribution in [2.24, 2.45) is 0 Å². The maximum atomic E-state index is 13.1. The molecule has 0 atom stereocenters. The van der Waals surface area contributed by atoms with Crippen LogP contribution in [0.25, 0.3) is 0 Å². The second kappa shape index (κ2) is 5.50. The fourth-order valence-electron chi connectivity index (χ4n) is 1.45. The Morgan fingerprint density at radius 2 is 1.89 bits per heavy atom. The van der Waals surface area contributed by atoms with Crippen LogP contribution in [0.1, 0.15) is 0 Å². The van der Waals surface area contributed by atoms with E-state index in [0.717, 1.165) is 12.1 Å². The van der Waals surface area contributed by atoms with E-state index in [9.17, 15) is 4.39 Å². The van der Waals surface area contributed by atoms with E-state index >= 15 is 0 Å². The van der Waals surface area contributed by atoms with Gasteiger partial charge >= 0.3 is 0 Å². The van der Waals surface area contributed by atoms with Crippen molar-refractivity contribution >= 4 is 40.4 Å². The van der Waals surface area contributed by atoms with E-state index in [1.165, 1.54) is 7.11 Å². The number of anilines is 3. The van der Waals surface area contributed by atoms with Gasteiger partial charge in [0.05, 0.1) is 28.5 Å². The third-order valence-corrected chi connectivity index (χ3v) is 2.96. The standard InChI is InChI=1S/C12H10Cl2FN3O/c1-19-10-3-2-9(16)12(17-10)18-11-7(13)4-6(15)5-8(11)14/h2-5H,16H2,1H3,(H,17,18). The van der Waals surface area contributed by atoms with Crippen LogP contribution in [0.2, 0.25) is 10.0 Å². The van der Waals surface area contributed by atoms with Crippen LogP contribution < -0.4 is 15.8 Å². The Morgan fingerprint density at radius 1 is 1.26 bits per heavy atom. The molecule has 0 aliphatic rings. The minimum Gasteiger partial charge on any atom is -0.481 e. The molecule has 0 radical (unpaired) electrons. The van der Waals surface area contributed by atoms with Crippen molar-refractivity contribution in [3.8, 4) is 5.88 Å².